The zero-order valence-electron chi connectivity index (χ0n) is 14.5. The van der Waals surface area contributed by atoms with E-state index in [4.69, 9.17) is 0 Å². The minimum absolute atomic E-state index is 0.0425. The van der Waals surface area contributed by atoms with E-state index in [9.17, 15) is 9.59 Å². The van der Waals surface area contributed by atoms with Crippen molar-refractivity contribution in [1.29, 1.82) is 0 Å². The van der Waals surface area contributed by atoms with Crippen molar-refractivity contribution in [2.24, 2.45) is 0 Å². The molecule has 0 fully saturated rings. The molecule has 2 aromatic rings. The van der Waals surface area contributed by atoms with Gasteiger partial charge in [0.2, 0.25) is 5.91 Å². The van der Waals surface area contributed by atoms with Crippen molar-refractivity contribution in [2.45, 2.75) is 32.7 Å². The molecule has 0 saturated heterocycles. The first kappa shape index (κ1) is 17.0. The Bertz CT molecular complexity index is 787. The number of nitrogens with zero attached hydrogens (tertiary/aromatic N) is 2. The third-order valence-electron chi connectivity index (χ3n) is 4.20. The number of carbonyl (C=O) groups is 2. The van der Waals surface area contributed by atoms with Crippen LogP contribution in [0.25, 0.3) is 0 Å². The summed E-state index contributed by atoms with van der Waals surface area (Å²) < 4.78 is 0. The number of carbonyl (C=O) groups excluding carboxylic acids is 2. The fourth-order valence-corrected chi connectivity index (χ4v) is 2.78. The molecule has 2 N–H and O–H groups in total. The number of hydrogen-bond donors (Lipinski definition) is 2. The van der Waals surface area contributed by atoms with Crippen LogP contribution in [0.3, 0.4) is 0 Å². The fourth-order valence-electron chi connectivity index (χ4n) is 2.78. The Balaban J connectivity index is 1.65. The number of fused-ring (bicyclic) bond motifs is 1. The van der Waals surface area contributed by atoms with Crippen LogP contribution in [0, 0.1) is 6.92 Å². The lowest BCUT2D eigenvalue weighted by atomic mass is 10.1. The molecule has 1 aliphatic rings. The minimum Gasteiger partial charge on any atom is -0.326 e. The van der Waals surface area contributed by atoms with Gasteiger partial charge in [0, 0.05) is 31.0 Å². The largest absolute Gasteiger partial charge is 0.326 e. The number of benzene rings is 1. The number of pyridine rings is 1. The van der Waals surface area contributed by atoms with E-state index in [-0.39, 0.29) is 11.9 Å². The topological polar surface area (TPSA) is 74.3 Å². The van der Waals surface area contributed by atoms with Gasteiger partial charge in [-0.2, -0.15) is 0 Å². The number of aromatic nitrogens is 1. The highest BCUT2D eigenvalue weighted by Gasteiger charge is 2.15. The summed E-state index contributed by atoms with van der Waals surface area (Å²) in [4.78, 5) is 29.9. The van der Waals surface area contributed by atoms with Crippen LogP contribution >= 0.6 is 0 Å². The van der Waals surface area contributed by atoms with Gasteiger partial charge in [0.1, 0.15) is 0 Å². The summed E-state index contributed by atoms with van der Waals surface area (Å²) in [7, 11) is 1.74. The Morgan fingerprint density at radius 2 is 2.12 bits per heavy atom. The Hall–Kier alpha value is -2.89. The lowest BCUT2D eigenvalue weighted by Gasteiger charge is -2.18. The number of rotatable bonds is 3. The third-order valence-corrected chi connectivity index (χ3v) is 4.20. The van der Waals surface area contributed by atoms with Crippen molar-refractivity contribution >= 4 is 23.3 Å². The molecule has 0 unspecified atom stereocenters. The van der Waals surface area contributed by atoms with E-state index in [1.165, 1.54) is 0 Å². The Labute approximate surface area is 147 Å². The Kier molecular flexibility index (Phi) is 4.97. The highest BCUT2D eigenvalue weighted by Crippen LogP contribution is 2.25. The lowest BCUT2D eigenvalue weighted by Crippen LogP contribution is -2.31. The van der Waals surface area contributed by atoms with Gasteiger partial charge < -0.3 is 15.5 Å². The van der Waals surface area contributed by atoms with Gasteiger partial charge in [0.25, 0.3) is 0 Å². The van der Waals surface area contributed by atoms with Crippen molar-refractivity contribution in [3.63, 3.8) is 0 Å². The van der Waals surface area contributed by atoms with Crippen molar-refractivity contribution < 1.29 is 9.59 Å². The molecule has 25 heavy (non-hydrogen) atoms. The van der Waals surface area contributed by atoms with Crippen LogP contribution in [0.4, 0.5) is 16.2 Å². The number of hydrogen-bond acceptors (Lipinski definition) is 3. The van der Waals surface area contributed by atoms with Crippen LogP contribution in [-0.2, 0) is 17.8 Å². The molecule has 1 aromatic heterocycles. The van der Waals surface area contributed by atoms with Gasteiger partial charge in [0.15, 0.2) is 0 Å². The van der Waals surface area contributed by atoms with Gasteiger partial charge in [0.05, 0.1) is 12.2 Å². The summed E-state index contributed by atoms with van der Waals surface area (Å²) in [6, 6.07) is 9.28. The molecule has 0 aliphatic carbocycles. The normalized spacial score (nSPS) is 13.4. The van der Waals surface area contributed by atoms with Gasteiger partial charge in [-0.15, -0.1) is 0 Å². The van der Waals surface area contributed by atoms with Crippen LogP contribution in [0.15, 0.2) is 36.5 Å². The van der Waals surface area contributed by atoms with E-state index in [0.29, 0.717) is 13.0 Å². The summed E-state index contributed by atoms with van der Waals surface area (Å²) in [5, 5.41) is 5.79. The molecule has 3 amide bonds. The van der Waals surface area contributed by atoms with Gasteiger partial charge in [-0.1, -0.05) is 6.07 Å². The summed E-state index contributed by atoms with van der Waals surface area (Å²) in [6.45, 7) is 2.42. The molecule has 2 heterocycles. The van der Waals surface area contributed by atoms with Crippen LogP contribution in [-0.4, -0.2) is 28.9 Å². The molecule has 130 valence electrons. The van der Waals surface area contributed by atoms with E-state index in [1.54, 1.807) is 24.2 Å². The molecule has 0 spiro atoms. The van der Waals surface area contributed by atoms with Crippen molar-refractivity contribution in [3.05, 3.63) is 53.3 Å². The maximum Gasteiger partial charge on any atom is 0.321 e. The lowest BCUT2D eigenvalue weighted by molar-refractivity contribution is -0.116. The molecule has 1 aliphatic heterocycles. The summed E-state index contributed by atoms with van der Waals surface area (Å²) in [6.07, 6.45) is 3.96. The highest BCUT2D eigenvalue weighted by molar-refractivity contribution is 5.94. The van der Waals surface area contributed by atoms with Gasteiger partial charge in [-0.05, 0) is 55.2 Å². The first-order valence-electron chi connectivity index (χ1n) is 8.38. The van der Waals surface area contributed by atoms with Gasteiger partial charge >= 0.3 is 6.03 Å². The average molecular weight is 338 g/mol. The zero-order valence-corrected chi connectivity index (χ0v) is 14.5. The van der Waals surface area contributed by atoms with Gasteiger partial charge in [-0.25, -0.2) is 4.79 Å². The molecule has 6 nitrogen and oxygen atoms in total. The van der Waals surface area contributed by atoms with Crippen LogP contribution in [0.2, 0.25) is 0 Å². The number of aryl methyl sites for hydroxylation is 2. The molecular formula is C19H22N4O2. The Morgan fingerprint density at radius 3 is 2.88 bits per heavy atom. The van der Waals surface area contributed by atoms with Crippen molar-refractivity contribution in [3.8, 4) is 0 Å². The first-order chi connectivity index (χ1) is 12.0. The number of anilines is 2. The zero-order chi connectivity index (χ0) is 17.8. The van der Waals surface area contributed by atoms with Crippen LogP contribution in [0.1, 0.15) is 29.7 Å². The Morgan fingerprint density at radius 1 is 1.28 bits per heavy atom. The molecule has 1 aromatic carbocycles. The predicted molar refractivity (Wildman–Crippen MR) is 97.5 cm³/mol. The van der Waals surface area contributed by atoms with E-state index in [1.807, 2.05) is 31.2 Å². The SMILES string of the molecule is Cc1ccc(CN(C)C(=O)Nc2ccc3c(c2)CCCC(=O)N3)nc1. The molecule has 0 saturated carbocycles. The third kappa shape index (κ3) is 4.35. The smallest absolute Gasteiger partial charge is 0.321 e. The predicted octanol–water partition coefficient (Wildman–Crippen LogP) is 3.33. The van der Waals surface area contributed by atoms with Gasteiger partial charge in [-0.3, -0.25) is 9.78 Å². The summed E-state index contributed by atoms with van der Waals surface area (Å²) in [5.74, 6) is 0.0425. The maximum absolute atomic E-state index is 12.4. The van der Waals surface area contributed by atoms with Crippen molar-refractivity contribution in [1.82, 2.24) is 9.88 Å². The number of nitrogens with one attached hydrogen (secondary N) is 2. The fraction of sp³-hybridized carbons (Fsp3) is 0.316. The number of amides is 3. The monoisotopic (exact) mass is 338 g/mol. The molecule has 3 rings (SSSR count). The number of urea groups is 1. The molecular weight excluding hydrogens is 316 g/mol. The second-order valence-corrected chi connectivity index (χ2v) is 6.39. The molecule has 0 bridgehead atoms. The van der Waals surface area contributed by atoms with Crippen molar-refractivity contribution in [2.75, 3.05) is 17.7 Å². The average Bonchev–Trinajstić information content (AvgIpc) is 2.77. The second kappa shape index (κ2) is 7.34. The summed E-state index contributed by atoms with van der Waals surface area (Å²) >= 11 is 0. The quantitative estimate of drug-likeness (QED) is 0.901. The van der Waals surface area contributed by atoms with E-state index < -0.39 is 0 Å². The van der Waals surface area contributed by atoms with Crippen LogP contribution in [0.5, 0.6) is 0 Å². The minimum atomic E-state index is -0.194. The molecule has 0 atom stereocenters. The maximum atomic E-state index is 12.4. The molecule has 0 radical (unpaired) electrons. The van der Waals surface area contributed by atoms with Crippen LogP contribution < -0.4 is 10.6 Å². The standard InChI is InChI=1S/C19H22N4O2/c1-13-6-7-16(20-11-13)12-23(2)19(25)21-15-8-9-17-14(10-15)4-3-5-18(24)22-17/h6-11H,3-5,12H2,1-2H3,(H,21,25)(H,22,24). The first-order valence-corrected chi connectivity index (χ1v) is 8.38. The highest BCUT2D eigenvalue weighted by atomic mass is 16.2. The summed E-state index contributed by atoms with van der Waals surface area (Å²) in [5.41, 5.74) is 4.54. The van der Waals surface area contributed by atoms with E-state index in [0.717, 1.165) is 41.0 Å². The second-order valence-electron chi connectivity index (χ2n) is 6.39. The van der Waals surface area contributed by atoms with E-state index >= 15 is 0 Å². The van der Waals surface area contributed by atoms with E-state index in [2.05, 4.69) is 15.6 Å². The molecule has 6 heteroatoms.